The number of carbonyl (C=O) groups excluding carboxylic acids is 1. The van der Waals surface area contributed by atoms with E-state index in [1.54, 1.807) is 6.92 Å². The van der Waals surface area contributed by atoms with Crippen LogP contribution in [0.3, 0.4) is 0 Å². The highest BCUT2D eigenvalue weighted by Crippen LogP contribution is 2.37. The molecule has 0 aliphatic carbocycles. The lowest BCUT2D eigenvalue weighted by molar-refractivity contribution is -0.149. The van der Waals surface area contributed by atoms with E-state index < -0.39 is 32.9 Å². The number of ketones is 1. The van der Waals surface area contributed by atoms with Gasteiger partial charge in [-0.15, -0.1) is 0 Å². The molecule has 0 amide bonds. The molecule has 0 saturated carbocycles. The third-order valence-electron chi connectivity index (χ3n) is 3.41. The van der Waals surface area contributed by atoms with Crippen molar-refractivity contribution in [2.24, 2.45) is 0 Å². The second-order valence-corrected chi connectivity index (χ2v) is 10.8. The van der Waals surface area contributed by atoms with E-state index in [1.165, 1.54) is 0 Å². The van der Waals surface area contributed by atoms with Crippen LogP contribution in [0.4, 0.5) is 0 Å². The van der Waals surface area contributed by atoms with Gasteiger partial charge in [-0.2, -0.15) is 0 Å². The molecule has 0 heterocycles. The van der Waals surface area contributed by atoms with Crippen LogP contribution < -0.4 is 0 Å². The predicted octanol–water partition coefficient (Wildman–Crippen LogP) is 1.80. The Hall–Kier alpha value is -0.723. The van der Waals surface area contributed by atoms with Gasteiger partial charge in [-0.05, 0) is 25.1 Å². The van der Waals surface area contributed by atoms with Gasteiger partial charge in [0.05, 0.1) is 0 Å². The highest BCUT2D eigenvalue weighted by Gasteiger charge is 2.39. The minimum Gasteiger partial charge on any atom is -0.479 e. The fourth-order valence-corrected chi connectivity index (χ4v) is 2.50. The van der Waals surface area contributed by atoms with Crippen molar-refractivity contribution in [2.75, 3.05) is 0 Å². The zero-order valence-electron chi connectivity index (χ0n) is 12.0. The average molecular weight is 276 g/mol. The lowest BCUT2D eigenvalue weighted by Gasteiger charge is -2.38. The number of Topliss-reactive ketones (excluding diaryl/α,β-unsaturated/α-hetero) is 1. The van der Waals surface area contributed by atoms with Gasteiger partial charge in [-0.1, -0.05) is 20.8 Å². The standard InChI is InChI=1S/C12H24O5Si/c1-8(9(13)7-10(14)11(15)16)17-18(5,6)12(2,3)4/h8,10,14H,7H2,1-6H3,(H,15,16). The van der Waals surface area contributed by atoms with Crippen LogP contribution in [0.2, 0.25) is 18.1 Å². The van der Waals surface area contributed by atoms with Gasteiger partial charge < -0.3 is 14.6 Å². The van der Waals surface area contributed by atoms with Gasteiger partial charge in [0.1, 0.15) is 6.10 Å². The molecule has 2 N–H and O–H groups in total. The molecule has 106 valence electrons. The van der Waals surface area contributed by atoms with Crippen LogP contribution in [0.15, 0.2) is 0 Å². The third-order valence-corrected chi connectivity index (χ3v) is 7.97. The summed E-state index contributed by atoms with van der Waals surface area (Å²) >= 11 is 0. The molecule has 0 spiro atoms. The smallest absolute Gasteiger partial charge is 0.332 e. The van der Waals surface area contributed by atoms with Gasteiger partial charge in [0, 0.05) is 6.42 Å². The molecule has 0 aliphatic heterocycles. The SMILES string of the molecule is CC(O[Si](C)(C)C(C)(C)C)C(=O)CC(O)C(=O)O. The first-order valence-corrected chi connectivity index (χ1v) is 8.90. The molecule has 0 aromatic carbocycles. The van der Waals surface area contributed by atoms with Gasteiger partial charge >= 0.3 is 5.97 Å². The number of rotatable bonds is 6. The molecule has 2 atom stereocenters. The topological polar surface area (TPSA) is 83.8 Å². The Morgan fingerprint density at radius 3 is 2.06 bits per heavy atom. The van der Waals surface area contributed by atoms with Crippen molar-refractivity contribution in [3.05, 3.63) is 0 Å². The Morgan fingerprint density at radius 2 is 1.72 bits per heavy atom. The summed E-state index contributed by atoms with van der Waals surface area (Å²) in [7, 11) is -2.06. The average Bonchev–Trinajstić information content (AvgIpc) is 2.14. The first-order valence-electron chi connectivity index (χ1n) is 6.00. The highest BCUT2D eigenvalue weighted by atomic mass is 28.4. The van der Waals surface area contributed by atoms with Crippen molar-refractivity contribution >= 4 is 20.1 Å². The lowest BCUT2D eigenvalue weighted by atomic mass is 10.1. The van der Waals surface area contributed by atoms with Crippen LogP contribution >= 0.6 is 0 Å². The molecule has 0 aromatic heterocycles. The van der Waals surface area contributed by atoms with Crippen molar-refractivity contribution < 1.29 is 24.2 Å². The van der Waals surface area contributed by atoms with Crippen molar-refractivity contribution in [2.45, 2.75) is 64.5 Å². The molecule has 18 heavy (non-hydrogen) atoms. The van der Waals surface area contributed by atoms with Gasteiger partial charge in [0.15, 0.2) is 20.2 Å². The first-order chi connectivity index (χ1) is 7.88. The Bertz CT molecular complexity index is 319. The summed E-state index contributed by atoms with van der Waals surface area (Å²) in [6.45, 7) is 11.8. The van der Waals surface area contributed by atoms with Crippen molar-refractivity contribution in [3.8, 4) is 0 Å². The summed E-state index contributed by atoms with van der Waals surface area (Å²) in [6.07, 6.45) is -2.74. The van der Waals surface area contributed by atoms with E-state index >= 15 is 0 Å². The number of carbonyl (C=O) groups is 2. The Kier molecular flexibility index (Phi) is 5.71. The molecule has 0 aliphatic rings. The molecule has 0 rings (SSSR count). The molecule has 0 radical (unpaired) electrons. The van der Waals surface area contributed by atoms with E-state index in [2.05, 4.69) is 20.8 Å². The summed E-state index contributed by atoms with van der Waals surface area (Å²) < 4.78 is 5.83. The third kappa shape index (κ3) is 4.87. The van der Waals surface area contributed by atoms with Crippen molar-refractivity contribution in [1.29, 1.82) is 0 Å². The predicted molar refractivity (Wildman–Crippen MR) is 71.0 cm³/mol. The molecular formula is C12H24O5Si. The number of carboxylic acids is 1. The Morgan fingerprint density at radius 1 is 1.28 bits per heavy atom. The van der Waals surface area contributed by atoms with Gasteiger partial charge in [0.25, 0.3) is 0 Å². The van der Waals surface area contributed by atoms with E-state index in [0.717, 1.165) is 0 Å². The van der Waals surface area contributed by atoms with Gasteiger partial charge in [-0.25, -0.2) is 4.79 Å². The van der Waals surface area contributed by atoms with Gasteiger partial charge in [0.2, 0.25) is 0 Å². The number of carboxylic acid groups (broad SMARTS) is 1. The summed E-state index contributed by atoms with van der Waals surface area (Å²) in [6, 6.07) is 0. The number of aliphatic hydroxyl groups is 1. The molecule has 6 heteroatoms. The minimum atomic E-state index is -2.06. The molecule has 2 unspecified atom stereocenters. The first kappa shape index (κ1) is 17.3. The number of hydrogen-bond donors (Lipinski definition) is 2. The van der Waals surface area contributed by atoms with Crippen LogP contribution in [0, 0.1) is 0 Å². The summed E-state index contributed by atoms with van der Waals surface area (Å²) in [5.74, 6) is -1.77. The lowest BCUT2D eigenvalue weighted by Crippen LogP contribution is -2.45. The van der Waals surface area contributed by atoms with E-state index in [1.807, 2.05) is 13.1 Å². The second-order valence-electron chi connectivity index (χ2n) is 6.04. The molecular weight excluding hydrogens is 252 g/mol. The van der Waals surface area contributed by atoms with E-state index in [4.69, 9.17) is 14.6 Å². The Balaban J connectivity index is 4.55. The normalized spacial score (nSPS) is 16.2. The van der Waals surface area contributed by atoms with E-state index in [0.29, 0.717) is 0 Å². The number of aliphatic hydroxyl groups excluding tert-OH is 1. The molecule has 5 nitrogen and oxygen atoms in total. The van der Waals surface area contributed by atoms with Crippen LogP contribution in [-0.2, 0) is 14.0 Å². The fraction of sp³-hybridized carbons (Fsp3) is 0.833. The molecule has 0 fully saturated rings. The summed E-state index contributed by atoms with van der Waals surface area (Å²) in [4.78, 5) is 22.2. The highest BCUT2D eigenvalue weighted by molar-refractivity contribution is 6.74. The minimum absolute atomic E-state index is 0.0209. The maximum Gasteiger partial charge on any atom is 0.332 e. The second kappa shape index (κ2) is 5.95. The molecule has 0 aromatic rings. The number of aliphatic carboxylic acids is 1. The maximum atomic E-state index is 11.7. The van der Waals surface area contributed by atoms with Crippen LogP contribution in [0.5, 0.6) is 0 Å². The summed E-state index contributed by atoms with van der Waals surface area (Å²) in [5.41, 5.74) is 0. The fourth-order valence-electron chi connectivity index (χ4n) is 1.13. The van der Waals surface area contributed by atoms with Crippen LogP contribution in [-0.4, -0.2) is 42.5 Å². The molecule has 0 saturated heterocycles. The van der Waals surface area contributed by atoms with Crippen LogP contribution in [0.25, 0.3) is 0 Å². The Labute approximate surface area is 109 Å². The molecule has 0 bridgehead atoms. The summed E-state index contributed by atoms with van der Waals surface area (Å²) in [5, 5.41) is 17.7. The van der Waals surface area contributed by atoms with Gasteiger partial charge in [-0.3, -0.25) is 4.79 Å². The zero-order chi connectivity index (χ0) is 14.7. The largest absolute Gasteiger partial charge is 0.479 e. The maximum absolute atomic E-state index is 11.7. The van der Waals surface area contributed by atoms with E-state index in [-0.39, 0.29) is 10.8 Å². The monoisotopic (exact) mass is 276 g/mol. The zero-order valence-corrected chi connectivity index (χ0v) is 13.0. The van der Waals surface area contributed by atoms with Crippen molar-refractivity contribution in [1.82, 2.24) is 0 Å². The van der Waals surface area contributed by atoms with E-state index in [9.17, 15) is 9.59 Å². The number of hydrogen-bond acceptors (Lipinski definition) is 4. The van der Waals surface area contributed by atoms with Crippen molar-refractivity contribution in [3.63, 3.8) is 0 Å². The quantitative estimate of drug-likeness (QED) is 0.723. The van der Waals surface area contributed by atoms with Crippen LogP contribution in [0.1, 0.15) is 34.1 Å².